The van der Waals surface area contributed by atoms with E-state index in [1.165, 1.54) is 14.2 Å². The van der Waals surface area contributed by atoms with Gasteiger partial charge in [0.05, 0.1) is 6.54 Å². The number of carbonyl (C=O) groups excluding carboxylic acids is 2. The second-order valence-corrected chi connectivity index (χ2v) is 4.07. The Morgan fingerprint density at radius 1 is 1.18 bits per heavy atom. The first-order valence-electron chi connectivity index (χ1n) is 5.81. The molecule has 1 rings (SSSR count). The molecule has 1 fully saturated rings. The minimum absolute atomic E-state index is 0.147. The molecule has 0 heterocycles. The summed E-state index contributed by atoms with van der Waals surface area (Å²) in [6, 6.07) is 0.147. The molecule has 0 spiro atoms. The van der Waals surface area contributed by atoms with Crippen LogP contribution in [0.25, 0.3) is 0 Å². The summed E-state index contributed by atoms with van der Waals surface area (Å²) in [5.74, 6) is -1.22. The Morgan fingerprint density at radius 2 is 1.76 bits per heavy atom. The Bertz CT molecular complexity index is 260. The zero-order valence-corrected chi connectivity index (χ0v) is 10.3. The fraction of sp³-hybridized carbons (Fsp3) is 0.818. The highest BCUT2D eigenvalue weighted by atomic mass is 16.7. The second kappa shape index (κ2) is 7.24. The van der Waals surface area contributed by atoms with Gasteiger partial charge in [-0.3, -0.25) is 9.59 Å². The zero-order chi connectivity index (χ0) is 12.7. The summed E-state index contributed by atoms with van der Waals surface area (Å²) in [5, 5.41) is 5.16. The van der Waals surface area contributed by atoms with Crippen molar-refractivity contribution >= 4 is 11.8 Å². The number of hydrogen-bond donors (Lipinski definition) is 2. The smallest absolute Gasteiger partial charge is 0.309 e. The SMILES string of the molecule is COC(CNC(=O)C(=O)NC1CCCC1)OC. The van der Waals surface area contributed by atoms with E-state index < -0.39 is 18.1 Å². The fourth-order valence-electron chi connectivity index (χ4n) is 1.84. The van der Waals surface area contributed by atoms with Gasteiger partial charge in [-0.05, 0) is 12.8 Å². The number of methoxy groups -OCH3 is 2. The number of nitrogens with one attached hydrogen (secondary N) is 2. The van der Waals surface area contributed by atoms with E-state index in [0.717, 1.165) is 25.7 Å². The van der Waals surface area contributed by atoms with Gasteiger partial charge in [-0.1, -0.05) is 12.8 Å². The van der Waals surface area contributed by atoms with Crippen molar-refractivity contribution in [2.24, 2.45) is 0 Å². The quantitative estimate of drug-likeness (QED) is 0.518. The van der Waals surface area contributed by atoms with Crippen LogP contribution in [0, 0.1) is 0 Å². The highest BCUT2D eigenvalue weighted by molar-refractivity contribution is 6.35. The highest BCUT2D eigenvalue weighted by Crippen LogP contribution is 2.17. The van der Waals surface area contributed by atoms with Crippen molar-refractivity contribution in [1.82, 2.24) is 10.6 Å². The van der Waals surface area contributed by atoms with E-state index in [-0.39, 0.29) is 12.6 Å². The van der Waals surface area contributed by atoms with Gasteiger partial charge in [-0.25, -0.2) is 0 Å². The first kappa shape index (κ1) is 13.9. The van der Waals surface area contributed by atoms with Crippen LogP contribution in [0.2, 0.25) is 0 Å². The average Bonchev–Trinajstić information content (AvgIpc) is 2.82. The van der Waals surface area contributed by atoms with E-state index in [0.29, 0.717) is 0 Å². The van der Waals surface area contributed by atoms with Crippen molar-refractivity contribution in [3.8, 4) is 0 Å². The molecule has 6 heteroatoms. The van der Waals surface area contributed by atoms with E-state index in [2.05, 4.69) is 10.6 Å². The van der Waals surface area contributed by atoms with Gasteiger partial charge in [0.15, 0.2) is 6.29 Å². The molecule has 0 aliphatic heterocycles. The first-order chi connectivity index (χ1) is 8.17. The molecule has 0 aromatic heterocycles. The molecule has 0 atom stereocenters. The number of ether oxygens (including phenoxy) is 2. The van der Waals surface area contributed by atoms with Crippen molar-refractivity contribution in [1.29, 1.82) is 0 Å². The summed E-state index contributed by atoms with van der Waals surface area (Å²) in [6.07, 6.45) is 3.61. The predicted molar refractivity (Wildman–Crippen MR) is 61.2 cm³/mol. The van der Waals surface area contributed by atoms with Crippen molar-refractivity contribution in [2.75, 3.05) is 20.8 Å². The fourth-order valence-corrected chi connectivity index (χ4v) is 1.84. The van der Waals surface area contributed by atoms with Gasteiger partial charge in [0.25, 0.3) is 0 Å². The first-order valence-corrected chi connectivity index (χ1v) is 5.81. The lowest BCUT2D eigenvalue weighted by Gasteiger charge is -2.15. The Hall–Kier alpha value is -1.14. The predicted octanol–water partition coefficient (Wildman–Crippen LogP) is -0.220. The van der Waals surface area contributed by atoms with Gasteiger partial charge in [0.1, 0.15) is 0 Å². The maximum Gasteiger partial charge on any atom is 0.309 e. The summed E-state index contributed by atoms with van der Waals surface area (Å²) in [4.78, 5) is 22.9. The average molecular weight is 244 g/mol. The van der Waals surface area contributed by atoms with Crippen LogP contribution in [0.1, 0.15) is 25.7 Å². The van der Waals surface area contributed by atoms with Crippen molar-refractivity contribution in [3.05, 3.63) is 0 Å². The molecular formula is C11H20N2O4. The lowest BCUT2D eigenvalue weighted by atomic mass is 10.2. The molecule has 0 saturated heterocycles. The molecule has 6 nitrogen and oxygen atoms in total. The molecule has 0 aromatic carbocycles. The van der Waals surface area contributed by atoms with Crippen LogP contribution >= 0.6 is 0 Å². The van der Waals surface area contributed by atoms with Crippen molar-refractivity contribution in [3.63, 3.8) is 0 Å². The van der Waals surface area contributed by atoms with Crippen molar-refractivity contribution in [2.45, 2.75) is 38.0 Å². The van der Waals surface area contributed by atoms with Gasteiger partial charge < -0.3 is 20.1 Å². The molecule has 17 heavy (non-hydrogen) atoms. The molecule has 98 valence electrons. The van der Waals surface area contributed by atoms with E-state index in [9.17, 15) is 9.59 Å². The largest absolute Gasteiger partial charge is 0.354 e. The summed E-state index contributed by atoms with van der Waals surface area (Å²) >= 11 is 0. The molecular weight excluding hydrogens is 224 g/mol. The molecule has 0 unspecified atom stereocenters. The lowest BCUT2D eigenvalue weighted by Crippen LogP contribution is -2.46. The molecule has 1 saturated carbocycles. The molecule has 0 bridgehead atoms. The minimum Gasteiger partial charge on any atom is -0.354 e. The van der Waals surface area contributed by atoms with Crippen LogP contribution in [0.4, 0.5) is 0 Å². The third-order valence-electron chi connectivity index (χ3n) is 2.85. The number of rotatable bonds is 5. The molecule has 0 aromatic rings. The topological polar surface area (TPSA) is 76.7 Å². The van der Waals surface area contributed by atoms with Gasteiger partial charge >= 0.3 is 11.8 Å². The monoisotopic (exact) mass is 244 g/mol. The number of amides is 2. The van der Waals surface area contributed by atoms with Crippen LogP contribution in [-0.4, -0.2) is 44.9 Å². The van der Waals surface area contributed by atoms with E-state index in [1.807, 2.05) is 0 Å². The maximum absolute atomic E-state index is 11.5. The molecule has 1 aliphatic carbocycles. The Labute approximate surface area is 101 Å². The van der Waals surface area contributed by atoms with Crippen molar-refractivity contribution < 1.29 is 19.1 Å². The molecule has 1 aliphatic rings. The van der Waals surface area contributed by atoms with E-state index in [1.54, 1.807) is 0 Å². The Kier molecular flexibility index (Phi) is 5.93. The van der Waals surface area contributed by atoms with Gasteiger partial charge in [0.2, 0.25) is 0 Å². The van der Waals surface area contributed by atoms with E-state index >= 15 is 0 Å². The minimum atomic E-state index is -0.643. The zero-order valence-electron chi connectivity index (χ0n) is 10.3. The molecule has 0 radical (unpaired) electrons. The lowest BCUT2D eigenvalue weighted by molar-refractivity contribution is -0.142. The molecule has 2 amide bonds. The van der Waals surface area contributed by atoms with Gasteiger partial charge in [0, 0.05) is 20.3 Å². The third-order valence-corrected chi connectivity index (χ3v) is 2.85. The standard InChI is InChI=1S/C11H20N2O4/c1-16-9(17-2)7-12-10(14)11(15)13-8-5-3-4-6-8/h8-9H,3-7H2,1-2H3,(H,12,14)(H,13,15). The van der Waals surface area contributed by atoms with Crippen LogP contribution in [-0.2, 0) is 19.1 Å². The highest BCUT2D eigenvalue weighted by Gasteiger charge is 2.21. The van der Waals surface area contributed by atoms with Crippen LogP contribution in [0.15, 0.2) is 0 Å². The Balaban J connectivity index is 2.24. The van der Waals surface area contributed by atoms with Crippen LogP contribution in [0.5, 0.6) is 0 Å². The number of hydrogen-bond acceptors (Lipinski definition) is 4. The Morgan fingerprint density at radius 3 is 2.29 bits per heavy atom. The normalized spacial score (nSPS) is 16.2. The third kappa shape index (κ3) is 4.70. The summed E-state index contributed by atoms with van der Waals surface area (Å²) in [6.45, 7) is 0.157. The van der Waals surface area contributed by atoms with Crippen LogP contribution < -0.4 is 10.6 Å². The van der Waals surface area contributed by atoms with Gasteiger partial charge in [-0.15, -0.1) is 0 Å². The van der Waals surface area contributed by atoms with Gasteiger partial charge in [-0.2, -0.15) is 0 Å². The summed E-state index contributed by atoms with van der Waals surface area (Å²) in [7, 11) is 2.94. The summed E-state index contributed by atoms with van der Waals surface area (Å²) < 4.78 is 9.79. The maximum atomic E-state index is 11.5. The second-order valence-electron chi connectivity index (χ2n) is 4.07. The van der Waals surface area contributed by atoms with E-state index in [4.69, 9.17) is 9.47 Å². The number of carbonyl (C=O) groups is 2. The molecule has 2 N–H and O–H groups in total. The summed E-state index contributed by atoms with van der Waals surface area (Å²) in [5.41, 5.74) is 0. The van der Waals surface area contributed by atoms with Crippen LogP contribution in [0.3, 0.4) is 0 Å².